The van der Waals surface area contributed by atoms with Crippen LogP contribution in [-0.4, -0.2) is 75.1 Å². The van der Waals surface area contributed by atoms with Crippen LogP contribution in [0, 0.1) is 22.7 Å². The smallest absolute Gasteiger partial charge is 0.271 e. The molecule has 556 valence electrons. The van der Waals surface area contributed by atoms with Gasteiger partial charge in [-0.3, -0.25) is 29.0 Å². The van der Waals surface area contributed by atoms with Crippen molar-refractivity contribution in [2.24, 2.45) is 0 Å². The Morgan fingerprint density at radius 3 is 0.921 bits per heavy atom. The molecule has 4 aliphatic rings. The maximum atomic E-state index is 14.2. The number of amides is 4. The van der Waals surface area contributed by atoms with Gasteiger partial charge in [0, 0.05) is 59.2 Å². The average Bonchev–Trinajstić information content (AvgIpc) is 0.796. The van der Waals surface area contributed by atoms with Gasteiger partial charge in [-0.2, -0.15) is 10.5 Å². The fourth-order valence-corrected chi connectivity index (χ4v) is 13.9. The third-order valence-corrected chi connectivity index (χ3v) is 20.4. The van der Waals surface area contributed by atoms with Gasteiger partial charge < -0.3 is 24.0 Å². The van der Waals surface area contributed by atoms with Gasteiger partial charge in [-0.25, -0.2) is 0 Å². The van der Waals surface area contributed by atoms with E-state index in [9.17, 15) is 29.7 Å². The summed E-state index contributed by atoms with van der Waals surface area (Å²) in [5.74, 6) is 0.303. The van der Waals surface area contributed by atoms with Crippen LogP contribution in [0.1, 0.15) is 330 Å². The van der Waals surface area contributed by atoms with Crippen LogP contribution < -0.4 is 14.2 Å². The van der Waals surface area contributed by atoms with E-state index in [1.54, 1.807) is 26.0 Å². The van der Waals surface area contributed by atoms with E-state index >= 15 is 0 Å². The summed E-state index contributed by atoms with van der Waals surface area (Å²) in [6.45, 7) is 20.8. The minimum atomic E-state index is -0.517. The SMILES string of the molecule is CCCCCCCCCCCCOc1c(CN2C=CC(=C/C=C3\C(=O)N([C@H](C)CCCCCC)C(=O)C(C#N)=C3C)C=C2)cc(CN2C=CC(=C/C=C3\C(=O)N([C@H](C)CCCCCC)C(=O)C(C#N)=C3C)C=C2)c(OCCCCCCCCCCCC)c1OCCCCCCCCCCCC. The Labute approximate surface area is 612 Å². The lowest BCUT2D eigenvalue weighted by Gasteiger charge is -2.32. The third-order valence-electron chi connectivity index (χ3n) is 20.4. The molecule has 4 heterocycles. The summed E-state index contributed by atoms with van der Waals surface area (Å²) in [7, 11) is 0. The van der Waals surface area contributed by atoms with Crippen LogP contribution in [0.15, 0.2) is 124 Å². The number of carbonyl (C=O) groups excluding carboxylic acids is 4. The summed E-state index contributed by atoms with van der Waals surface area (Å²) in [4.78, 5) is 62.5. The number of nitriles is 2. The van der Waals surface area contributed by atoms with Gasteiger partial charge in [0.1, 0.15) is 23.3 Å². The van der Waals surface area contributed by atoms with Crippen LogP contribution in [0.3, 0.4) is 0 Å². The highest BCUT2D eigenvalue weighted by Crippen LogP contribution is 2.46. The molecule has 0 unspecified atom stereocenters. The Kier molecular flexibility index (Phi) is 42.1. The van der Waals surface area contributed by atoms with Gasteiger partial charge in [0.05, 0.1) is 32.9 Å². The lowest BCUT2D eigenvalue weighted by molar-refractivity contribution is -0.144. The van der Waals surface area contributed by atoms with Crippen LogP contribution in [0.4, 0.5) is 0 Å². The summed E-state index contributed by atoms with van der Waals surface area (Å²) < 4.78 is 21.4. The highest BCUT2D eigenvalue weighted by Gasteiger charge is 2.39. The zero-order chi connectivity index (χ0) is 72.8. The Hall–Kier alpha value is -7.12. The quantitative estimate of drug-likeness (QED) is 0.0347. The molecule has 0 N–H and O–H groups in total. The number of rotatable bonds is 54. The standard InChI is InChI=1S/C88H132N6O7/c1-10-15-20-25-28-31-34-37-40-45-62-99-82-76(68-91-58-54-74(55-59-91)50-52-78-72(8)80(66-89)87(97)93(85(78)95)70(6)48-43-23-18-13-4)65-77(83(100-63-46-41-38-35-32-29-26-21-16-11-2)84(82)101-64-47-42-39-36-33-30-27-22-17-12-3)69-92-60-56-75(57-61-92)51-53-79-73(9)81(67-90)88(98)94(86(79)96)71(7)49-44-24-19-14-5/h50-61,65,70-71H,10-49,62-64,68-69H2,1-9H3/b78-52-,79-53-/t70-,71-/m1/s1. The Bertz CT molecular complexity index is 2910. The van der Waals surface area contributed by atoms with Gasteiger partial charge in [-0.1, -0.05) is 271 Å². The van der Waals surface area contributed by atoms with Crippen molar-refractivity contribution < 1.29 is 33.4 Å². The minimum absolute atomic E-state index is 0.00782. The van der Waals surface area contributed by atoms with Crippen LogP contribution in [0.2, 0.25) is 0 Å². The van der Waals surface area contributed by atoms with E-state index in [0.29, 0.717) is 85.3 Å². The van der Waals surface area contributed by atoms with Crippen LogP contribution >= 0.6 is 0 Å². The predicted molar refractivity (Wildman–Crippen MR) is 415 cm³/mol. The topological polar surface area (TPSA) is 157 Å². The maximum Gasteiger partial charge on any atom is 0.271 e. The number of imide groups is 2. The summed E-state index contributed by atoms with van der Waals surface area (Å²) in [6, 6.07) is 5.80. The Morgan fingerprint density at radius 2 is 0.634 bits per heavy atom. The predicted octanol–water partition coefficient (Wildman–Crippen LogP) is 23.1. The van der Waals surface area contributed by atoms with Crippen molar-refractivity contribution in [2.75, 3.05) is 19.8 Å². The molecule has 0 saturated carbocycles. The molecule has 13 heteroatoms. The van der Waals surface area contributed by atoms with Crippen molar-refractivity contribution in [1.29, 1.82) is 10.5 Å². The van der Waals surface area contributed by atoms with Crippen molar-refractivity contribution in [3.8, 4) is 29.4 Å². The maximum absolute atomic E-state index is 14.2. The zero-order valence-corrected chi connectivity index (χ0v) is 64.5. The second-order valence-electron chi connectivity index (χ2n) is 29.0. The number of carbonyl (C=O) groups is 4. The van der Waals surface area contributed by atoms with Crippen LogP contribution in [-0.2, 0) is 32.3 Å². The summed E-state index contributed by atoms with van der Waals surface area (Å²) in [5, 5.41) is 20.4. The number of hydrogen-bond donors (Lipinski definition) is 0. The molecule has 4 aliphatic heterocycles. The first-order chi connectivity index (χ1) is 49.3. The fraction of sp³-hybridized carbons (Fsp3) is 0.636. The molecule has 13 nitrogen and oxygen atoms in total. The first-order valence-electron chi connectivity index (χ1n) is 40.4. The largest absolute Gasteiger partial charge is 0.489 e. The molecule has 0 bridgehead atoms. The third kappa shape index (κ3) is 29.3. The molecule has 0 fully saturated rings. The van der Waals surface area contributed by atoms with Gasteiger partial charge in [0.25, 0.3) is 23.6 Å². The van der Waals surface area contributed by atoms with Crippen molar-refractivity contribution in [3.05, 3.63) is 135 Å². The number of benzene rings is 1. The van der Waals surface area contributed by atoms with Gasteiger partial charge in [-0.15, -0.1) is 0 Å². The van der Waals surface area contributed by atoms with E-state index < -0.39 is 11.8 Å². The van der Waals surface area contributed by atoms with Crippen molar-refractivity contribution in [1.82, 2.24) is 19.6 Å². The summed E-state index contributed by atoms with van der Waals surface area (Å²) >= 11 is 0. The number of hydrogen-bond acceptors (Lipinski definition) is 11. The second kappa shape index (κ2) is 50.3. The van der Waals surface area contributed by atoms with Crippen molar-refractivity contribution in [3.63, 3.8) is 0 Å². The van der Waals surface area contributed by atoms with Gasteiger partial charge in [0.15, 0.2) is 11.5 Å². The Morgan fingerprint density at radius 1 is 0.366 bits per heavy atom. The molecule has 0 spiro atoms. The average molecular weight is 1390 g/mol. The first-order valence-corrected chi connectivity index (χ1v) is 40.4. The van der Waals surface area contributed by atoms with E-state index in [0.717, 1.165) is 112 Å². The van der Waals surface area contributed by atoms with Gasteiger partial charge in [-0.05, 0) is 125 Å². The molecule has 0 aliphatic carbocycles. The molecular weight excluding hydrogens is 1250 g/mol. The van der Waals surface area contributed by atoms with Crippen LogP contribution in [0.5, 0.6) is 17.2 Å². The monoisotopic (exact) mass is 1390 g/mol. The zero-order valence-electron chi connectivity index (χ0n) is 64.5. The highest BCUT2D eigenvalue weighted by atomic mass is 16.5. The van der Waals surface area contributed by atoms with E-state index in [1.807, 2.05) is 75.1 Å². The van der Waals surface area contributed by atoms with Gasteiger partial charge in [0.2, 0.25) is 5.75 Å². The molecule has 0 radical (unpaired) electrons. The number of ether oxygens (including phenoxy) is 3. The summed E-state index contributed by atoms with van der Waals surface area (Å²) in [5.41, 5.74) is 5.14. The van der Waals surface area contributed by atoms with Crippen molar-refractivity contribution in [2.45, 2.75) is 344 Å². The molecule has 101 heavy (non-hydrogen) atoms. The first kappa shape index (κ1) is 84.5. The van der Waals surface area contributed by atoms with E-state index in [4.69, 9.17) is 14.2 Å². The lowest BCUT2D eigenvalue weighted by Crippen LogP contribution is -2.47. The fourth-order valence-electron chi connectivity index (χ4n) is 13.9. The van der Waals surface area contributed by atoms with E-state index in [-0.39, 0.29) is 35.0 Å². The number of unbranched alkanes of at least 4 members (excludes halogenated alkanes) is 33. The minimum Gasteiger partial charge on any atom is -0.489 e. The molecule has 5 rings (SSSR count). The van der Waals surface area contributed by atoms with Crippen molar-refractivity contribution >= 4 is 23.6 Å². The van der Waals surface area contributed by atoms with Crippen LogP contribution in [0.25, 0.3) is 0 Å². The molecule has 0 aromatic heterocycles. The highest BCUT2D eigenvalue weighted by molar-refractivity contribution is 6.19. The Balaban J connectivity index is 1.54. The van der Waals surface area contributed by atoms with E-state index in [2.05, 4.69) is 62.6 Å². The molecule has 0 saturated heterocycles. The van der Waals surface area contributed by atoms with Gasteiger partial charge >= 0.3 is 0 Å². The normalized spacial score (nSPS) is 16.2. The molecular formula is C88H132N6O7. The number of allylic oxidation sites excluding steroid dienone is 10. The molecule has 2 atom stereocenters. The lowest BCUT2D eigenvalue weighted by atomic mass is 9.92. The summed E-state index contributed by atoms with van der Waals surface area (Å²) in [6.07, 6.45) is 69.7. The molecule has 1 aromatic rings. The molecule has 1 aromatic carbocycles. The second-order valence-corrected chi connectivity index (χ2v) is 29.0. The van der Waals surface area contributed by atoms with E-state index in [1.165, 1.54) is 164 Å². The number of nitrogens with zero attached hydrogens (tertiary/aromatic N) is 6. The molecule has 4 amide bonds.